The molecule has 1 aromatic heterocycles. The Morgan fingerprint density at radius 3 is 2.50 bits per heavy atom. The third kappa shape index (κ3) is 2.48. The van der Waals surface area contributed by atoms with Crippen molar-refractivity contribution in [1.82, 2.24) is 0 Å². The average molecular weight is 202 g/mol. The van der Waals surface area contributed by atoms with Gasteiger partial charge in [-0.1, -0.05) is 0 Å². The van der Waals surface area contributed by atoms with E-state index in [0.29, 0.717) is 5.76 Å². The molecule has 0 N–H and O–H groups in total. The Kier molecular flexibility index (Phi) is 3.11. The lowest BCUT2D eigenvalue weighted by Gasteiger charge is -1.96. The summed E-state index contributed by atoms with van der Waals surface area (Å²) >= 11 is 0. The molecule has 14 heavy (non-hydrogen) atoms. The summed E-state index contributed by atoms with van der Waals surface area (Å²) < 4.78 is 28.4. The number of hydrogen-bond acceptors (Lipinski definition) is 3. The van der Waals surface area contributed by atoms with Gasteiger partial charge in [0.05, 0.1) is 6.42 Å². The van der Waals surface area contributed by atoms with Crippen LogP contribution in [0.1, 0.15) is 22.7 Å². The monoisotopic (exact) mass is 202 g/mol. The fraction of sp³-hybridized carbons (Fsp3) is 0.333. The molecule has 76 valence electrons. The van der Waals surface area contributed by atoms with Crippen molar-refractivity contribution in [3.05, 3.63) is 23.7 Å². The molecule has 0 aliphatic carbocycles. The largest absolute Gasteiger partial charge is 0.458 e. The smallest absolute Gasteiger partial charge is 0.296 e. The van der Waals surface area contributed by atoms with Gasteiger partial charge in [-0.25, -0.2) is 8.78 Å². The fourth-order valence-electron chi connectivity index (χ4n) is 0.907. The molecule has 0 aromatic carbocycles. The van der Waals surface area contributed by atoms with Gasteiger partial charge in [0.15, 0.2) is 5.76 Å². The summed E-state index contributed by atoms with van der Waals surface area (Å²) in [5.41, 5.74) is 0. The lowest BCUT2D eigenvalue weighted by atomic mass is 10.2. The van der Waals surface area contributed by atoms with E-state index in [4.69, 9.17) is 4.42 Å². The number of rotatable bonds is 4. The van der Waals surface area contributed by atoms with E-state index in [1.165, 1.54) is 12.1 Å². The molecule has 3 nitrogen and oxygen atoms in total. The maximum atomic E-state index is 11.8. The van der Waals surface area contributed by atoms with E-state index in [2.05, 4.69) is 0 Å². The van der Waals surface area contributed by atoms with Crippen LogP contribution in [-0.2, 0) is 4.79 Å². The first-order valence-corrected chi connectivity index (χ1v) is 3.91. The molecule has 0 atom stereocenters. The molecule has 0 saturated carbocycles. The SMILES string of the molecule is Cc1ccc(C(=O)CC(=O)C(F)F)o1. The molecule has 0 amide bonds. The fourth-order valence-corrected chi connectivity index (χ4v) is 0.907. The Hall–Kier alpha value is -1.52. The Labute approximate surface area is 78.7 Å². The van der Waals surface area contributed by atoms with Gasteiger partial charge in [-0.2, -0.15) is 0 Å². The van der Waals surface area contributed by atoms with Crippen molar-refractivity contribution in [3.63, 3.8) is 0 Å². The summed E-state index contributed by atoms with van der Waals surface area (Å²) in [6.07, 6.45) is -3.92. The van der Waals surface area contributed by atoms with Gasteiger partial charge in [-0.15, -0.1) is 0 Å². The van der Waals surface area contributed by atoms with Crippen LogP contribution in [0.25, 0.3) is 0 Å². The van der Waals surface area contributed by atoms with E-state index >= 15 is 0 Å². The van der Waals surface area contributed by atoms with Crippen molar-refractivity contribution in [2.75, 3.05) is 0 Å². The summed E-state index contributed by atoms with van der Waals surface area (Å²) in [5, 5.41) is 0. The number of carbonyl (C=O) groups is 2. The van der Waals surface area contributed by atoms with Gasteiger partial charge in [0.1, 0.15) is 5.76 Å². The van der Waals surface area contributed by atoms with Gasteiger partial charge < -0.3 is 4.42 Å². The average Bonchev–Trinajstić information content (AvgIpc) is 2.51. The zero-order valence-electron chi connectivity index (χ0n) is 7.42. The van der Waals surface area contributed by atoms with E-state index in [1.807, 2.05) is 0 Å². The highest BCUT2D eigenvalue weighted by Crippen LogP contribution is 2.10. The summed E-state index contributed by atoms with van der Waals surface area (Å²) in [6.45, 7) is 1.62. The minimum atomic E-state index is -3.10. The summed E-state index contributed by atoms with van der Waals surface area (Å²) in [7, 11) is 0. The summed E-state index contributed by atoms with van der Waals surface area (Å²) in [4.78, 5) is 21.6. The third-order valence-corrected chi connectivity index (χ3v) is 1.59. The van der Waals surface area contributed by atoms with Crippen LogP contribution in [0, 0.1) is 6.92 Å². The molecule has 0 spiro atoms. The highest BCUT2D eigenvalue weighted by Gasteiger charge is 2.21. The highest BCUT2D eigenvalue weighted by atomic mass is 19.3. The van der Waals surface area contributed by atoms with Crippen molar-refractivity contribution >= 4 is 11.6 Å². The molecule has 0 aliphatic rings. The van der Waals surface area contributed by atoms with Crippen molar-refractivity contribution in [1.29, 1.82) is 0 Å². The van der Waals surface area contributed by atoms with Gasteiger partial charge >= 0.3 is 0 Å². The lowest BCUT2D eigenvalue weighted by Crippen LogP contribution is -2.14. The number of hydrogen-bond donors (Lipinski definition) is 0. The third-order valence-electron chi connectivity index (χ3n) is 1.59. The second-order valence-corrected chi connectivity index (χ2v) is 2.78. The van der Waals surface area contributed by atoms with Gasteiger partial charge in [0.25, 0.3) is 6.43 Å². The topological polar surface area (TPSA) is 47.3 Å². The van der Waals surface area contributed by atoms with E-state index in [9.17, 15) is 18.4 Å². The Morgan fingerprint density at radius 1 is 1.43 bits per heavy atom. The lowest BCUT2D eigenvalue weighted by molar-refractivity contribution is -0.128. The van der Waals surface area contributed by atoms with Crippen LogP contribution in [0.2, 0.25) is 0 Å². The van der Waals surface area contributed by atoms with Crippen LogP contribution < -0.4 is 0 Å². The minimum Gasteiger partial charge on any atom is -0.458 e. The number of alkyl halides is 2. The number of ketones is 2. The molecule has 1 aromatic rings. The van der Waals surface area contributed by atoms with Gasteiger partial charge in [-0.3, -0.25) is 9.59 Å². The van der Waals surface area contributed by atoms with E-state index in [-0.39, 0.29) is 5.76 Å². The second kappa shape index (κ2) is 4.13. The molecular formula is C9H8F2O3. The van der Waals surface area contributed by atoms with E-state index in [0.717, 1.165) is 0 Å². The number of Topliss-reactive ketones (excluding diaryl/α,β-unsaturated/α-hetero) is 2. The molecule has 1 rings (SSSR count). The zero-order valence-corrected chi connectivity index (χ0v) is 7.42. The predicted molar refractivity (Wildman–Crippen MR) is 43.4 cm³/mol. The number of carbonyl (C=O) groups excluding carboxylic acids is 2. The summed E-state index contributed by atoms with van der Waals surface area (Å²) in [6, 6.07) is 2.89. The first-order chi connectivity index (χ1) is 6.50. The Morgan fingerprint density at radius 2 is 2.07 bits per heavy atom. The molecule has 0 bridgehead atoms. The standard InChI is InChI=1S/C9H8F2O3/c1-5-2-3-8(14-5)6(12)4-7(13)9(10)11/h2-3,9H,4H2,1H3. The van der Waals surface area contributed by atoms with Crippen LogP contribution in [0.5, 0.6) is 0 Å². The van der Waals surface area contributed by atoms with Crippen molar-refractivity contribution in [3.8, 4) is 0 Å². The van der Waals surface area contributed by atoms with Crippen LogP contribution in [0.3, 0.4) is 0 Å². The maximum Gasteiger partial charge on any atom is 0.296 e. The maximum absolute atomic E-state index is 11.8. The van der Waals surface area contributed by atoms with Crippen LogP contribution in [-0.4, -0.2) is 18.0 Å². The van der Waals surface area contributed by atoms with Crippen LogP contribution >= 0.6 is 0 Å². The molecule has 0 saturated heterocycles. The van der Waals surface area contributed by atoms with Gasteiger partial charge in [0.2, 0.25) is 11.6 Å². The Balaban J connectivity index is 2.64. The normalized spacial score (nSPS) is 10.6. The van der Waals surface area contributed by atoms with Crippen molar-refractivity contribution < 1.29 is 22.8 Å². The molecule has 0 radical (unpaired) electrons. The van der Waals surface area contributed by atoms with Gasteiger partial charge in [-0.05, 0) is 19.1 Å². The molecule has 1 heterocycles. The first-order valence-electron chi connectivity index (χ1n) is 3.91. The molecule has 0 fully saturated rings. The summed E-state index contributed by atoms with van der Waals surface area (Å²) in [5.74, 6) is -1.67. The Bertz CT molecular complexity index is 355. The van der Waals surface area contributed by atoms with Crippen molar-refractivity contribution in [2.24, 2.45) is 0 Å². The van der Waals surface area contributed by atoms with E-state index in [1.54, 1.807) is 6.92 Å². The zero-order chi connectivity index (χ0) is 10.7. The number of furan rings is 1. The molecule has 0 unspecified atom stereocenters. The van der Waals surface area contributed by atoms with Crippen LogP contribution in [0.15, 0.2) is 16.5 Å². The first kappa shape index (κ1) is 10.6. The molecule has 0 aliphatic heterocycles. The molecular weight excluding hydrogens is 194 g/mol. The number of halogens is 2. The second-order valence-electron chi connectivity index (χ2n) is 2.78. The molecule has 5 heteroatoms. The van der Waals surface area contributed by atoms with Crippen LogP contribution in [0.4, 0.5) is 8.78 Å². The number of aryl methyl sites for hydroxylation is 1. The van der Waals surface area contributed by atoms with E-state index < -0.39 is 24.4 Å². The predicted octanol–water partition coefficient (Wildman–Crippen LogP) is 2.00. The minimum absolute atomic E-state index is 0.0588. The highest BCUT2D eigenvalue weighted by molar-refractivity contribution is 6.07. The van der Waals surface area contributed by atoms with Gasteiger partial charge in [0, 0.05) is 0 Å². The van der Waals surface area contributed by atoms with Crippen molar-refractivity contribution in [2.45, 2.75) is 19.8 Å². The quantitative estimate of drug-likeness (QED) is 0.554.